The molecule has 0 spiro atoms. The van der Waals surface area contributed by atoms with Gasteiger partial charge in [0, 0.05) is 19.7 Å². The van der Waals surface area contributed by atoms with Crippen molar-refractivity contribution in [3.05, 3.63) is 52.9 Å². The van der Waals surface area contributed by atoms with Gasteiger partial charge in [-0.2, -0.15) is 0 Å². The van der Waals surface area contributed by atoms with Gasteiger partial charge in [-0.15, -0.1) is 0 Å². The van der Waals surface area contributed by atoms with Gasteiger partial charge in [0.15, 0.2) is 11.7 Å². The third-order valence-electron chi connectivity index (χ3n) is 3.57. The second kappa shape index (κ2) is 8.22. The minimum absolute atomic E-state index is 0.572. The molecule has 5 heteroatoms. The van der Waals surface area contributed by atoms with Gasteiger partial charge in [-0.25, -0.2) is 0 Å². The molecule has 0 fully saturated rings. The Kier molecular flexibility index (Phi) is 6.01. The number of benzene rings is 1. The Labute approximate surface area is 131 Å². The van der Waals surface area contributed by atoms with E-state index in [2.05, 4.69) is 58.9 Å². The summed E-state index contributed by atoms with van der Waals surface area (Å²) < 4.78 is 5.25. The normalized spacial score (nSPS) is 11.5. The maximum atomic E-state index is 5.25. The van der Waals surface area contributed by atoms with Crippen LogP contribution in [0.2, 0.25) is 0 Å². The number of nitrogens with zero attached hydrogens (tertiary/aromatic N) is 2. The lowest BCUT2D eigenvalue weighted by atomic mass is 10.1. The molecular weight excluding hydrogens is 276 g/mol. The summed E-state index contributed by atoms with van der Waals surface area (Å²) in [5, 5.41) is 10.5. The van der Waals surface area contributed by atoms with E-state index >= 15 is 0 Å². The molecule has 0 aliphatic rings. The van der Waals surface area contributed by atoms with Crippen LogP contribution < -0.4 is 10.6 Å². The average Bonchev–Trinajstić information content (AvgIpc) is 3.03. The van der Waals surface area contributed by atoms with Crippen LogP contribution in [0.3, 0.4) is 0 Å². The van der Waals surface area contributed by atoms with Crippen molar-refractivity contribution in [1.29, 1.82) is 0 Å². The SMILES string of the molecule is CCc1cc(CNC(=NC)NCc2ccccc2CC)on1. The second-order valence-corrected chi connectivity index (χ2v) is 5.04. The predicted molar refractivity (Wildman–Crippen MR) is 88.7 cm³/mol. The van der Waals surface area contributed by atoms with Crippen molar-refractivity contribution in [3.8, 4) is 0 Å². The highest BCUT2D eigenvalue weighted by Gasteiger charge is 2.05. The van der Waals surface area contributed by atoms with E-state index in [0.29, 0.717) is 6.54 Å². The molecule has 0 bridgehead atoms. The summed E-state index contributed by atoms with van der Waals surface area (Å²) in [5.74, 6) is 1.56. The number of nitrogens with one attached hydrogen (secondary N) is 2. The molecule has 2 aromatic rings. The Morgan fingerprint density at radius 1 is 1.09 bits per heavy atom. The van der Waals surface area contributed by atoms with Crippen molar-refractivity contribution < 1.29 is 4.52 Å². The summed E-state index contributed by atoms with van der Waals surface area (Å²) in [5.41, 5.74) is 3.62. The summed E-state index contributed by atoms with van der Waals surface area (Å²) >= 11 is 0. The first-order chi connectivity index (χ1) is 10.8. The molecule has 2 rings (SSSR count). The molecule has 22 heavy (non-hydrogen) atoms. The number of aliphatic imine (C=N–C) groups is 1. The first-order valence-electron chi connectivity index (χ1n) is 7.72. The summed E-state index contributed by atoms with van der Waals surface area (Å²) in [4.78, 5) is 4.23. The van der Waals surface area contributed by atoms with Crippen molar-refractivity contribution in [2.24, 2.45) is 4.99 Å². The first kappa shape index (κ1) is 16.1. The molecule has 2 N–H and O–H groups in total. The smallest absolute Gasteiger partial charge is 0.191 e. The highest BCUT2D eigenvalue weighted by atomic mass is 16.5. The molecule has 1 aromatic heterocycles. The molecule has 0 amide bonds. The van der Waals surface area contributed by atoms with Crippen LogP contribution >= 0.6 is 0 Å². The van der Waals surface area contributed by atoms with Crippen LogP contribution in [0.4, 0.5) is 0 Å². The van der Waals surface area contributed by atoms with E-state index in [1.165, 1.54) is 11.1 Å². The molecule has 1 heterocycles. The fourth-order valence-corrected chi connectivity index (χ4v) is 2.25. The van der Waals surface area contributed by atoms with Crippen LogP contribution in [0.15, 0.2) is 39.8 Å². The summed E-state index contributed by atoms with van der Waals surface area (Å²) in [6.07, 6.45) is 1.91. The maximum Gasteiger partial charge on any atom is 0.191 e. The van der Waals surface area contributed by atoms with Crippen LogP contribution in [0.25, 0.3) is 0 Å². The van der Waals surface area contributed by atoms with Gasteiger partial charge in [0.05, 0.1) is 12.2 Å². The molecule has 0 saturated carbocycles. The Bertz CT molecular complexity index is 619. The third kappa shape index (κ3) is 4.35. The van der Waals surface area contributed by atoms with E-state index < -0.39 is 0 Å². The van der Waals surface area contributed by atoms with Crippen molar-refractivity contribution in [1.82, 2.24) is 15.8 Å². The van der Waals surface area contributed by atoms with Crippen LogP contribution in [-0.4, -0.2) is 18.2 Å². The van der Waals surface area contributed by atoms with Crippen molar-refractivity contribution in [3.63, 3.8) is 0 Å². The molecule has 5 nitrogen and oxygen atoms in total. The van der Waals surface area contributed by atoms with Gasteiger partial charge in [0.2, 0.25) is 0 Å². The van der Waals surface area contributed by atoms with Crippen molar-refractivity contribution in [2.45, 2.75) is 39.8 Å². The zero-order valence-electron chi connectivity index (χ0n) is 13.5. The Morgan fingerprint density at radius 3 is 2.45 bits per heavy atom. The molecule has 0 aliphatic heterocycles. The maximum absolute atomic E-state index is 5.25. The average molecular weight is 300 g/mol. The van der Waals surface area contributed by atoms with Crippen molar-refractivity contribution >= 4 is 5.96 Å². The Balaban J connectivity index is 1.87. The van der Waals surface area contributed by atoms with E-state index in [9.17, 15) is 0 Å². The van der Waals surface area contributed by atoms with Crippen LogP contribution in [0.5, 0.6) is 0 Å². The lowest BCUT2D eigenvalue weighted by molar-refractivity contribution is 0.374. The van der Waals surface area contributed by atoms with Gasteiger partial charge < -0.3 is 15.2 Å². The monoisotopic (exact) mass is 300 g/mol. The van der Waals surface area contributed by atoms with Gasteiger partial charge in [0.25, 0.3) is 0 Å². The van der Waals surface area contributed by atoms with Crippen LogP contribution in [0, 0.1) is 0 Å². The lowest BCUT2D eigenvalue weighted by Crippen LogP contribution is -2.36. The zero-order valence-corrected chi connectivity index (χ0v) is 13.5. The molecule has 0 aliphatic carbocycles. The summed E-state index contributed by atoms with van der Waals surface area (Å²) in [6.45, 7) is 5.55. The number of hydrogen-bond acceptors (Lipinski definition) is 3. The topological polar surface area (TPSA) is 62.5 Å². The summed E-state index contributed by atoms with van der Waals surface area (Å²) in [6, 6.07) is 10.4. The molecule has 0 unspecified atom stereocenters. The van der Waals surface area contributed by atoms with E-state index in [-0.39, 0.29) is 0 Å². The highest BCUT2D eigenvalue weighted by Crippen LogP contribution is 2.09. The number of hydrogen-bond donors (Lipinski definition) is 2. The molecule has 0 saturated heterocycles. The molecule has 118 valence electrons. The first-order valence-corrected chi connectivity index (χ1v) is 7.72. The van der Waals surface area contributed by atoms with Gasteiger partial charge >= 0.3 is 0 Å². The highest BCUT2D eigenvalue weighted by molar-refractivity contribution is 5.79. The molecule has 1 aromatic carbocycles. The molecular formula is C17H24N4O. The van der Waals surface area contributed by atoms with Crippen LogP contribution in [-0.2, 0) is 25.9 Å². The lowest BCUT2D eigenvalue weighted by Gasteiger charge is -2.13. The number of aryl methyl sites for hydroxylation is 2. The zero-order chi connectivity index (χ0) is 15.8. The van der Waals surface area contributed by atoms with E-state index in [4.69, 9.17) is 4.52 Å². The number of rotatable bonds is 6. The fraction of sp³-hybridized carbons (Fsp3) is 0.412. The molecule has 0 atom stereocenters. The number of guanidine groups is 1. The standard InChI is InChI=1S/C17H24N4O/c1-4-13-8-6-7-9-14(13)11-19-17(18-3)20-12-16-10-15(5-2)21-22-16/h6-10H,4-5,11-12H2,1-3H3,(H2,18,19,20). The predicted octanol–water partition coefficient (Wildman–Crippen LogP) is 2.66. The minimum Gasteiger partial charge on any atom is -0.359 e. The van der Waals surface area contributed by atoms with Gasteiger partial charge in [-0.1, -0.05) is 43.3 Å². The Hall–Kier alpha value is -2.30. The van der Waals surface area contributed by atoms with Gasteiger partial charge in [-0.3, -0.25) is 4.99 Å². The van der Waals surface area contributed by atoms with Crippen molar-refractivity contribution in [2.75, 3.05) is 7.05 Å². The van der Waals surface area contributed by atoms with Gasteiger partial charge in [-0.05, 0) is 24.0 Å². The molecule has 0 radical (unpaired) electrons. The second-order valence-electron chi connectivity index (χ2n) is 5.04. The van der Waals surface area contributed by atoms with E-state index in [1.54, 1.807) is 7.05 Å². The van der Waals surface area contributed by atoms with Crippen LogP contribution in [0.1, 0.15) is 36.4 Å². The summed E-state index contributed by atoms with van der Waals surface area (Å²) in [7, 11) is 1.76. The Morgan fingerprint density at radius 2 is 1.82 bits per heavy atom. The third-order valence-corrected chi connectivity index (χ3v) is 3.57. The van der Waals surface area contributed by atoms with E-state index in [0.717, 1.165) is 36.8 Å². The fourth-order valence-electron chi connectivity index (χ4n) is 2.25. The van der Waals surface area contributed by atoms with E-state index in [1.807, 2.05) is 6.07 Å². The number of aromatic nitrogens is 1. The van der Waals surface area contributed by atoms with Gasteiger partial charge in [0.1, 0.15) is 0 Å². The minimum atomic E-state index is 0.572. The largest absolute Gasteiger partial charge is 0.359 e. The quantitative estimate of drug-likeness (QED) is 0.636.